The third-order valence-corrected chi connectivity index (χ3v) is 8.49. The molecule has 1 saturated carbocycles. The van der Waals surface area contributed by atoms with Crippen LogP contribution in [0.25, 0.3) is 21.8 Å². The van der Waals surface area contributed by atoms with Gasteiger partial charge in [0.1, 0.15) is 0 Å². The molecule has 6 aromatic rings. The number of H-pyrrole nitrogens is 2. The molecule has 10 heteroatoms. The Balaban J connectivity index is 0.937. The standard InChI is InChI=1S/C34H32N8O2/c43-33(19-21-4-2-8-29-25(21)14-16-35-29)37-31-12-10-27(39-41-31)23-6-1-7-24(18-23)28-11-13-32(42-40-28)38-34(44)20-22-5-3-9-30-26(22)15-17-36-30/h2-5,8-17,23-24,35-36H,1,6-7,18-20H2,(H,37,41,43)(H,38,42,44)/t23-,24-/m0/s1. The Morgan fingerprint density at radius 2 is 1.14 bits per heavy atom. The molecule has 2 atom stereocenters. The molecule has 10 nitrogen and oxygen atoms in total. The number of carbonyl (C=O) groups is 2. The largest absolute Gasteiger partial charge is 0.361 e. The average molecular weight is 585 g/mol. The maximum atomic E-state index is 12.7. The summed E-state index contributed by atoms with van der Waals surface area (Å²) in [5.74, 6) is 1.12. The van der Waals surface area contributed by atoms with Gasteiger partial charge < -0.3 is 20.6 Å². The van der Waals surface area contributed by atoms with E-state index in [0.29, 0.717) is 11.6 Å². The predicted octanol–water partition coefficient (Wildman–Crippen LogP) is 6.03. The van der Waals surface area contributed by atoms with E-state index < -0.39 is 0 Å². The van der Waals surface area contributed by atoms with Gasteiger partial charge in [-0.25, -0.2) is 0 Å². The minimum atomic E-state index is -0.130. The van der Waals surface area contributed by atoms with Gasteiger partial charge in [0.2, 0.25) is 11.8 Å². The number of hydrogen-bond acceptors (Lipinski definition) is 6. The highest BCUT2D eigenvalue weighted by Gasteiger charge is 2.27. The molecule has 44 heavy (non-hydrogen) atoms. The normalized spacial score (nSPS) is 16.6. The maximum absolute atomic E-state index is 12.7. The molecule has 0 saturated heterocycles. The van der Waals surface area contributed by atoms with Gasteiger partial charge in [-0.05, 0) is 78.9 Å². The molecule has 1 aliphatic rings. The van der Waals surface area contributed by atoms with Gasteiger partial charge in [0.05, 0.1) is 24.2 Å². The predicted molar refractivity (Wildman–Crippen MR) is 169 cm³/mol. The summed E-state index contributed by atoms with van der Waals surface area (Å²) in [4.78, 5) is 31.8. The topological polar surface area (TPSA) is 141 Å². The lowest BCUT2D eigenvalue weighted by atomic mass is 9.78. The van der Waals surface area contributed by atoms with Crippen molar-refractivity contribution in [3.05, 3.63) is 108 Å². The average Bonchev–Trinajstić information content (AvgIpc) is 3.73. The Kier molecular flexibility index (Phi) is 7.54. The van der Waals surface area contributed by atoms with E-state index in [1.54, 1.807) is 0 Å². The second-order valence-electron chi connectivity index (χ2n) is 11.4. The van der Waals surface area contributed by atoms with Crippen molar-refractivity contribution in [1.29, 1.82) is 0 Å². The summed E-state index contributed by atoms with van der Waals surface area (Å²) in [6.45, 7) is 0. The zero-order chi connectivity index (χ0) is 29.9. The van der Waals surface area contributed by atoms with E-state index >= 15 is 0 Å². The Labute approximate surface area is 253 Å². The molecular formula is C34H32N8O2. The monoisotopic (exact) mass is 584 g/mol. The second-order valence-corrected chi connectivity index (χ2v) is 11.4. The van der Waals surface area contributed by atoms with E-state index in [-0.39, 0.29) is 36.5 Å². The van der Waals surface area contributed by atoms with E-state index in [0.717, 1.165) is 70.0 Å². The van der Waals surface area contributed by atoms with Crippen molar-refractivity contribution in [3.63, 3.8) is 0 Å². The summed E-state index contributed by atoms with van der Waals surface area (Å²) in [7, 11) is 0. The maximum Gasteiger partial charge on any atom is 0.230 e. The first-order valence-corrected chi connectivity index (χ1v) is 15.0. The minimum Gasteiger partial charge on any atom is -0.361 e. The molecule has 7 rings (SSSR count). The van der Waals surface area contributed by atoms with Crippen molar-refractivity contribution in [2.75, 3.05) is 10.6 Å². The van der Waals surface area contributed by atoms with Crippen LogP contribution in [0.15, 0.2) is 85.2 Å². The van der Waals surface area contributed by atoms with Crippen molar-refractivity contribution in [2.45, 2.75) is 50.4 Å². The highest BCUT2D eigenvalue weighted by molar-refractivity contribution is 5.96. The van der Waals surface area contributed by atoms with Crippen LogP contribution in [0.1, 0.15) is 60.0 Å². The van der Waals surface area contributed by atoms with Crippen molar-refractivity contribution < 1.29 is 9.59 Å². The molecule has 1 fully saturated rings. The first kappa shape index (κ1) is 27.5. The molecule has 4 heterocycles. The fourth-order valence-corrected chi connectivity index (χ4v) is 6.31. The van der Waals surface area contributed by atoms with E-state index in [9.17, 15) is 9.59 Å². The van der Waals surface area contributed by atoms with Crippen molar-refractivity contribution in [1.82, 2.24) is 30.4 Å². The molecular weight excluding hydrogens is 552 g/mol. The third kappa shape index (κ3) is 5.92. The van der Waals surface area contributed by atoms with Crippen LogP contribution >= 0.6 is 0 Å². The number of carbonyl (C=O) groups excluding carboxylic acids is 2. The SMILES string of the molecule is O=C(Cc1cccc2[nH]ccc12)Nc1ccc([C@H]2CCC[C@H](c3ccc(NC(=O)Cc4cccc5[nH]ccc45)nn3)C2)nn1. The van der Waals surface area contributed by atoms with Gasteiger partial charge in [-0.3, -0.25) is 9.59 Å². The molecule has 0 spiro atoms. The van der Waals surface area contributed by atoms with E-state index in [4.69, 9.17) is 0 Å². The van der Waals surface area contributed by atoms with Gasteiger partial charge >= 0.3 is 0 Å². The number of rotatable bonds is 8. The number of nitrogens with one attached hydrogen (secondary N) is 4. The lowest BCUT2D eigenvalue weighted by Crippen LogP contribution is -2.18. The van der Waals surface area contributed by atoms with Crippen LogP contribution in [-0.2, 0) is 22.4 Å². The van der Waals surface area contributed by atoms with Crippen molar-refractivity contribution >= 4 is 45.3 Å². The number of anilines is 2. The van der Waals surface area contributed by atoms with E-state index in [2.05, 4.69) is 41.0 Å². The molecule has 0 unspecified atom stereocenters. The Morgan fingerprint density at radius 3 is 1.59 bits per heavy atom. The first-order valence-electron chi connectivity index (χ1n) is 15.0. The van der Waals surface area contributed by atoms with Crippen molar-refractivity contribution in [3.8, 4) is 0 Å². The van der Waals surface area contributed by atoms with Crippen LogP contribution in [-0.4, -0.2) is 42.2 Å². The zero-order valence-corrected chi connectivity index (χ0v) is 24.1. The summed E-state index contributed by atoms with van der Waals surface area (Å²) in [5.41, 5.74) is 5.77. The number of aromatic nitrogens is 6. The summed E-state index contributed by atoms with van der Waals surface area (Å²) in [6, 6.07) is 23.3. The molecule has 0 bridgehead atoms. The van der Waals surface area contributed by atoms with E-state index in [1.807, 2.05) is 85.2 Å². The smallest absolute Gasteiger partial charge is 0.230 e. The number of hydrogen-bond donors (Lipinski definition) is 4. The first-order chi connectivity index (χ1) is 21.6. The number of nitrogens with zero attached hydrogens (tertiary/aromatic N) is 4. The third-order valence-electron chi connectivity index (χ3n) is 8.49. The quantitative estimate of drug-likeness (QED) is 0.172. The Bertz CT molecular complexity index is 1790. The molecule has 4 N–H and O–H groups in total. The summed E-state index contributed by atoms with van der Waals surface area (Å²) in [6.07, 6.45) is 8.25. The Hall–Kier alpha value is -5.38. The lowest BCUT2D eigenvalue weighted by molar-refractivity contribution is -0.116. The molecule has 2 aromatic carbocycles. The van der Waals surface area contributed by atoms with Gasteiger partial charge in [0.15, 0.2) is 11.6 Å². The number of aromatic amines is 2. The highest BCUT2D eigenvalue weighted by atomic mass is 16.2. The fraction of sp³-hybridized carbons (Fsp3) is 0.235. The molecule has 0 aliphatic heterocycles. The molecule has 4 aromatic heterocycles. The minimum absolute atomic E-state index is 0.130. The molecule has 0 radical (unpaired) electrons. The lowest BCUT2D eigenvalue weighted by Gasteiger charge is -2.28. The Morgan fingerprint density at radius 1 is 0.636 bits per heavy atom. The van der Waals surface area contributed by atoms with Gasteiger partial charge in [-0.15, -0.1) is 10.2 Å². The van der Waals surface area contributed by atoms with Gasteiger partial charge in [-0.2, -0.15) is 10.2 Å². The van der Waals surface area contributed by atoms with Gasteiger partial charge in [0.25, 0.3) is 0 Å². The highest BCUT2D eigenvalue weighted by Crippen LogP contribution is 2.40. The van der Waals surface area contributed by atoms with Crippen LogP contribution in [0.3, 0.4) is 0 Å². The summed E-state index contributed by atoms with van der Waals surface area (Å²) < 4.78 is 0. The molecule has 2 amide bonds. The van der Waals surface area contributed by atoms with Gasteiger partial charge in [0, 0.05) is 46.0 Å². The van der Waals surface area contributed by atoms with Crippen molar-refractivity contribution in [2.24, 2.45) is 0 Å². The molecule has 1 aliphatic carbocycles. The van der Waals surface area contributed by atoms with Gasteiger partial charge in [-0.1, -0.05) is 30.7 Å². The van der Waals surface area contributed by atoms with Crippen LogP contribution in [0.5, 0.6) is 0 Å². The van der Waals surface area contributed by atoms with E-state index in [1.165, 1.54) is 0 Å². The summed E-state index contributed by atoms with van der Waals surface area (Å²) >= 11 is 0. The summed E-state index contributed by atoms with van der Waals surface area (Å²) in [5, 5.41) is 25.4. The van der Waals surface area contributed by atoms with Crippen LogP contribution in [0.2, 0.25) is 0 Å². The number of amides is 2. The zero-order valence-electron chi connectivity index (χ0n) is 24.1. The van der Waals surface area contributed by atoms with Crippen LogP contribution in [0, 0.1) is 0 Å². The fourth-order valence-electron chi connectivity index (χ4n) is 6.31. The second kappa shape index (κ2) is 12.1. The molecule has 220 valence electrons. The van der Waals surface area contributed by atoms with Crippen LogP contribution < -0.4 is 10.6 Å². The number of benzene rings is 2. The number of fused-ring (bicyclic) bond motifs is 2. The van der Waals surface area contributed by atoms with Crippen LogP contribution in [0.4, 0.5) is 11.6 Å².